The molecular weight excluding hydrogens is 272 g/mol. The Kier molecular flexibility index (Phi) is 4.74. The van der Waals surface area contributed by atoms with Crippen LogP contribution in [0.2, 0.25) is 0 Å². The molecule has 0 spiro atoms. The zero-order valence-corrected chi connectivity index (χ0v) is 12.3. The highest BCUT2D eigenvalue weighted by Crippen LogP contribution is 2.25. The van der Waals surface area contributed by atoms with Gasteiger partial charge >= 0.3 is 0 Å². The van der Waals surface area contributed by atoms with Crippen LogP contribution in [0.15, 0.2) is 18.2 Å². The quantitative estimate of drug-likeness (QED) is 0.585. The lowest BCUT2D eigenvalue weighted by Gasteiger charge is -2.16. The second-order valence-electron chi connectivity index (χ2n) is 5.37. The van der Waals surface area contributed by atoms with Gasteiger partial charge < -0.3 is 10.6 Å². The normalized spacial score (nSPS) is 14.0. The van der Waals surface area contributed by atoms with Crippen LogP contribution < -0.4 is 10.6 Å². The van der Waals surface area contributed by atoms with E-state index in [2.05, 4.69) is 10.6 Å². The van der Waals surface area contributed by atoms with Crippen LogP contribution in [0.25, 0.3) is 0 Å². The van der Waals surface area contributed by atoms with Gasteiger partial charge in [0.25, 0.3) is 5.69 Å². The Morgan fingerprint density at radius 3 is 2.76 bits per heavy atom. The van der Waals surface area contributed by atoms with E-state index in [0.717, 1.165) is 18.4 Å². The zero-order valence-electron chi connectivity index (χ0n) is 12.3. The minimum absolute atomic E-state index is 0.00125. The van der Waals surface area contributed by atoms with E-state index in [-0.39, 0.29) is 18.1 Å². The molecule has 21 heavy (non-hydrogen) atoms. The summed E-state index contributed by atoms with van der Waals surface area (Å²) in [7, 11) is 3.47. The van der Waals surface area contributed by atoms with Crippen molar-refractivity contribution in [2.75, 3.05) is 26.0 Å². The lowest BCUT2D eigenvalue weighted by molar-refractivity contribution is -0.384. The van der Waals surface area contributed by atoms with Gasteiger partial charge in [0.1, 0.15) is 5.69 Å². The molecule has 2 N–H and O–H groups in total. The number of carbonyl (C=O) groups is 1. The number of carbonyl (C=O) groups excluding carboxylic acids is 1. The number of hydrogen-bond donors (Lipinski definition) is 2. The lowest BCUT2D eigenvalue weighted by atomic mass is 10.1. The summed E-state index contributed by atoms with van der Waals surface area (Å²) in [5.74, 6) is 0.00125. The van der Waals surface area contributed by atoms with E-state index in [1.807, 2.05) is 18.0 Å². The van der Waals surface area contributed by atoms with Gasteiger partial charge in [-0.1, -0.05) is 6.07 Å². The molecule has 0 saturated heterocycles. The molecule has 0 radical (unpaired) electrons. The average Bonchev–Trinajstić information content (AvgIpc) is 3.22. The van der Waals surface area contributed by atoms with Gasteiger partial charge in [-0.3, -0.25) is 19.8 Å². The van der Waals surface area contributed by atoms with E-state index in [9.17, 15) is 14.9 Å². The SMILES string of the molecule is CNc1ccc(CN(C)CC(=O)NC2CC2)cc1[N+](=O)[O-]. The summed E-state index contributed by atoms with van der Waals surface area (Å²) in [6.45, 7) is 0.779. The second-order valence-corrected chi connectivity index (χ2v) is 5.37. The minimum Gasteiger partial charge on any atom is -0.383 e. The van der Waals surface area contributed by atoms with E-state index < -0.39 is 4.92 Å². The minimum atomic E-state index is -0.408. The molecule has 1 aliphatic rings. The van der Waals surface area contributed by atoms with E-state index in [0.29, 0.717) is 18.3 Å². The molecule has 1 amide bonds. The number of amides is 1. The fraction of sp³-hybridized carbons (Fsp3) is 0.500. The molecule has 0 heterocycles. The van der Waals surface area contributed by atoms with Crippen LogP contribution in [0, 0.1) is 10.1 Å². The largest absolute Gasteiger partial charge is 0.383 e. The van der Waals surface area contributed by atoms with Crippen molar-refractivity contribution >= 4 is 17.3 Å². The molecule has 7 heteroatoms. The van der Waals surface area contributed by atoms with Crippen molar-refractivity contribution in [2.24, 2.45) is 0 Å². The summed E-state index contributed by atoms with van der Waals surface area (Å²) in [5.41, 5.74) is 1.34. The highest BCUT2D eigenvalue weighted by molar-refractivity contribution is 5.78. The van der Waals surface area contributed by atoms with Crippen molar-refractivity contribution in [3.05, 3.63) is 33.9 Å². The molecule has 1 aromatic carbocycles. The third-order valence-electron chi connectivity index (χ3n) is 3.34. The first-order valence-electron chi connectivity index (χ1n) is 6.92. The average molecular weight is 292 g/mol. The van der Waals surface area contributed by atoms with Gasteiger partial charge in [-0.2, -0.15) is 0 Å². The molecule has 0 unspecified atom stereocenters. The van der Waals surface area contributed by atoms with Crippen molar-refractivity contribution in [2.45, 2.75) is 25.4 Å². The number of hydrogen-bond acceptors (Lipinski definition) is 5. The van der Waals surface area contributed by atoms with E-state index in [1.54, 1.807) is 19.2 Å². The van der Waals surface area contributed by atoms with E-state index in [4.69, 9.17) is 0 Å². The predicted octanol–water partition coefficient (Wildman–Crippen LogP) is 1.35. The predicted molar refractivity (Wildman–Crippen MR) is 80.1 cm³/mol. The molecule has 2 rings (SSSR count). The molecule has 1 fully saturated rings. The first kappa shape index (κ1) is 15.2. The van der Waals surface area contributed by atoms with Crippen LogP contribution in [0.4, 0.5) is 11.4 Å². The van der Waals surface area contributed by atoms with Crippen molar-refractivity contribution in [1.29, 1.82) is 0 Å². The van der Waals surface area contributed by atoms with Crippen LogP contribution in [0.5, 0.6) is 0 Å². The Hall–Kier alpha value is -2.15. The van der Waals surface area contributed by atoms with Gasteiger partial charge in [-0.25, -0.2) is 0 Å². The molecule has 0 bridgehead atoms. The Labute approximate surface area is 123 Å². The molecule has 0 aliphatic heterocycles. The van der Waals surface area contributed by atoms with E-state index >= 15 is 0 Å². The zero-order chi connectivity index (χ0) is 15.4. The summed E-state index contributed by atoms with van der Waals surface area (Å²) < 4.78 is 0. The van der Waals surface area contributed by atoms with Crippen molar-refractivity contribution < 1.29 is 9.72 Å². The number of nitro groups is 1. The number of nitrogens with one attached hydrogen (secondary N) is 2. The number of anilines is 1. The highest BCUT2D eigenvalue weighted by Gasteiger charge is 2.23. The van der Waals surface area contributed by atoms with Gasteiger partial charge in [0.05, 0.1) is 11.5 Å². The fourth-order valence-electron chi connectivity index (χ4n) is 2.15. The first-order valence-corrected chi connectivity index (χ1v) is 6.92. The second kappa shape index (κ2) is 6.53. The number of rotatable bonds is 7. The highest BCUT2D eigenvalue weighted by atomic mass is 16.6. The summed E-state index contributed by atoms with van der Waals surface area (Å²) in [4.78, 5) is 24.1. The van der Waals surface area contributed by atoms with Crippen LogP contribution >= 0.6 is 0 Å². The smallest absolute Gasteiger partial charge is 0.292 e. The molecule has 1 aliphatic carbocycles. The van der Waals surface area contributed by atoms with Crippen molar-refractivity contribution in [3.63, 3.8) is 0 Å². The van der Waals surface area contributed by atoms with Gasteiger partial charge in [-0.15, -0.1) is 0 Å². The van der Waals surface area contributed by atoms with Gasteiger partial charge in [0.2, 0.25) is 5.91 Å². The molecule has 114 valence electrons. The van der Waals surface area contributed by atoms with Gasteiger partial charge in [-0.05, 0) is 31.5 Å². The maximum absolute atomic E-state index is 11.7. The molecular formula is C14H20N4O3. The molecule has 1 saturated carbocycles. The third-order valence-corrected chi connectivity index (χ3v) is 3.34. The number of nitro benzene ring substituents is 1. The lowest BCUT2D eigenvalue weighted by Crippen LogP contribution is -2.35. The fourth-order valence-corrected chi connectivity index (χ4v) is 2.15. The molecule has 0 aromatic heterocycles. The number of benzene rings is 1. The molecule has 1 aromatic rings. The summed E-state index contributed by atoms with van der Waals surface area (Å²) >= 11 is 0. The number of nitrogens with zero attached hydrogens (tertiary/aromatic N) is 2. The van der Waals surface area contributed by atoms with Crippen molar-refractivity contribution in [3.8, 4) is 0 Å². The monoisotopic (exact) mass is 292 g/mol. The number of likely N-dealkylation sites (N-methyl/N-ethyl adjacent to an activating group) is 1. The Morgan fingerprint density at radius 2 is 2.19 bits per heavy atom. The third kappa shape index (κ3) is 4.42. The summed E-state index contributed by atoms with van der Waals surface area (Å²) in [6, 6.07) is 5.41. The van der Waals surface area contributed by atoms with Crippen LogP contribution in [0.1, 0.15) is 18.4 Å². The summed E-state index contributed by atoms with van der Waals surface area (Å²) in [6.07, 6.45) is 2.13. The Bertz CT molecular complexity index is 543. The maximum Gasteiger partial charge on any atom is 0.292 e. The Balaban J connectivity index is 1.96. The van der Waals surface area contributed by atoms with Crippen LogP contribution in [-0.2, 0) is 11.3 Å². The van der Waals surface area contributed by atoms with E-state index in [1.165, 1.54) is 0 Å². The van der Waals surface area contributed by atoms with Gasteiger partial charge in [0, 0.05) is 25.7 Å². The van der Waals surface area contributed by atoms with Crippen LogP contribution in [0.3, 0.4) is 0 Å². The van der Waals surface area contributed by atoms with Gasteiger partial charge in [0.15, 0.2) is 0 Å². The molecule has 7 nitrogen and oxygen atoms in total. The standard InChI is InChI=1S/C14H20N4O3/c1-15-12-6-3-10(7-13(12)18(20)21)8-17(2)9-14(19)16-11-4-5-11/h3,6-7,11,15H,4-5,8-9H2,1-2H3,(H,16,19). The van der Waals surface area contributed by atoms with Crippen molar-refractivity contribution in [1.82, 2.24) is 10.2 Å². The topological polar surface area (TPSA) is 87.5 Å². The van der Waals surface area contributed by atoms with Crippen LogP contribution in [-0.4, -0.2) is 42.4 Å². The Morgan fingerprint density at radius 1 is 1.48 bits per heavy atom. The first-order chi connectivity index (χ1) is 9.99. The summed E-state index contributed by atoms with van der Waals surface area (Å²) in [5, 5.41) is 16.7. The molecule has 0 atom stereocenters. The maximum atomic E-state index is 11.7.